The Bertz CT molecular complexity index is 466. The van der Waals surface area contributed by atoms with E-state index in [9.17, 15) is 0 Å². The van der Waals surface area contributed by atoms with E-state index in [0.717, 1.165) is 12.0 Å². The van der Waals surface area contributed by atoms with Gasteiger partial charge >= 0.3 is 0 Å². The molecule has 1 atom stereocenters. The SMILES string of the molecule is CNCCC1CCN(C2CCc3cc(Br)ccc3C2)CC1. The number of nitrogens with zero attached hydrogens (tertiary/aromatic N) is 1. The zero-order valence-electron chi connectivity index (χ0n) is 13.1. The molecule has 0 amide bonds. The van der Waals surface area contributed by atoms with Gasteiger partial charge in [0.1, 0.15) is 0 Å². The largest absolute Gasteiger partial charge is 0.320 e. The zero-order chi connectivity index (χ0) is 14.7. The fourth-order valence-electron chi connectivity index (χ4n) is 3.97. The van der Waals surface area contributed by atoms with Gasteiger partial charge in [-0.15, -0.1) is 0 Å². The molecule has 1 heterocycles. The van der Waals surface area contributed by atoms with Crippen molar-refractivity contribution in [3.05, 3.63) is 33.8 Å². The van der Waals surface area contributed by atoms with E-state index >= 15 is 0 Å². The first kappa shape index (κ1) is 15.5. The van der Waals surface area contributed by atoms with Crippen LogP contribution in [0.3, 0.4) is 0 Å². The molecular weight excluding hydrogens is 324 g/mol. The number of hydrogen-bond acceptors (Lipinski definition) is 2. The highest BCUT2D eigenvalue weighted by Gasteiger charge is 2.27. The molecule has 2 aliphatic rings. The minimum atomic E-state index is 0.781. The van der Waals surface area contributed by atoms with Crippen LogP contribution in [0, 0.1) is 5.92 Å². The molecule has 1 aliphatic heterocycles. The Kier molecular flexibility index (Phi) is 5.36. The third-order valence-electron chi connectivity index (χ3n) is 5.34. The number of likely N-dealkylation sites (tertiary alicyclic amines) is 1. The molecule has 0 radical (unpaired) electrons. The van der Waals surface area contributed by atoms with Crippen molar-refractivity contribution in [2.75, 3.05) is 26.7 Å². The lowest BCUT2D eigenvalue weighted by Gasteiger charge is -2.40. The predicted molar refractivity (Wildman–Crippen MR) is 92.8 cm³/mol. The summed E-state index contributed by atoms with van der Waals surface area (Å²) in [5, 5.41) is 3.29. The summed E-state index contributed by atoms with van der Waals surface area (Å²) in [7, 11) is 2.06. The third kappa shape index (κ3) is 3.88. The van der Waals surface area contributed by atoms with Crippen LogP contribution in [0.25, 0.3) is 0 Å². The molecule has 1 aliphatic carbocycles. The fraction of sp³-hybridized carbons (Fsp3) is 0.667. The van der Waals surface area contributed by atoms with Gasteiger partial charge in [0.05, 0.1) is 0 Å². The molecule has 1 N–H and O–H groups in total. The molecule has 1 aromatic rings. The molecular formula is C18H27BrN2. The first-order valence-electron chi connectivity index (χ1n) is 8.42. The van der Waals surface area contributed by atoms with Crippen LogP contribution in [-0.4, -0.2) is 37.6 Å². The second kappa shape index (κ2) is 7.26. The Morgan fingerprint density at radius 2 is 2.00 bits per heavy atom. The van der Waals surface area contributed by atoms with Gasteiger partial charge < -0.3 is 10.2 Å². The topological polar surface area (TPSA) is 15.3 Å². The van der Waals surface area contributed by atoms with Gasteiger partial charge in [0, 0.05) is 10.5 Å². The average molecular weight is 351 g/mol. The van der Waals surface area contributed by atoms with Crippen molar-refractivity contribution in [2.45, 2.75) is 44.6 Å². The summed E-state index contributed by atoms with van der Waals surface area (Å²) in [4.78, 5) is 2.76. The number of benzene rings is 1. The maximum atomic E-state index is 3.59. The van der Waals surface area contributed by atoms with Crippen LogP contribution in [-0.2, 0) is 12.8 Å². The van der Waals surface area contributed by atoms with Crippen LogP contribution >= 0.6 is 15.9 Å². The minimum Gasteiger partial charge on any atom is -0.320 e. The Labute approximate surface area is 137 Å². The maximum Gasteiger partial charge on any atom is 0.0178 e. The minimum absolute atomic E-state index is 0.781. The quantitative estimate of drug-likeness (QED) is 0.891. The van der Waals surface area contributed by atoms with E-state index in [4.69, 9.17) is 0 Å². The fourth-order valence-corrected chi connectivity index (χ4v) is 4.38. The van der Waals surface area contributed by atoms with Gasteiger partial charge in [0.15, 0.2) is 0 Å². The second-order valence-electron chi connectivity index (χ2n) is 6.68. The lowest BCUT2D eigenvalue weighted by atomic mass is 9.85. The Morgan fingerprint density at radius 3 is 2.76 bits per heavy atom. The molecule has 0 aromatic heterocycles. The lowest BCUT2D eigenvalue weighted by Crippen LogP contribution is -2.44. The Morgan fingerprint density at radius 1 is 1.19 bits per heavy atom. The van der Waals surface area contributed by atoms with E-state index in [1.54, 1.807) is 11.1 Å². The van der Waals surface area contributed by atoms with Crippen LogP contribution in [0.5, 0.6) is 0 Å². The van der Waals surface area contributed by atoms with Gasteiger partial charge in [-0.2, -0.15) is 0 Å². The van der Waals surface area contributed by atoms with Crippen LogP contribution in [0.15, 0.2) is 22.7 Å². The van der Waals surface area contributed by atoms with Gasteiger partial charge in [-0.3, -0.25) is 0 Å². The van der Waals surface area contributed by atoms with Crippen LogP contribution < -0.4 is 5.32 Å². The molecule has 21 heavy (non-hydrogen) atoms. The van der Waals surface area contributed by atoms with Crippen molar-refractivity contribution in [3.63, 3.8) is 0 Å². The van der Waals surface area contributed by atoms with E-state index in [0.29, 0.717) is 0 Å². The standard InChI is InChI=1S/C18H27BrN2/c1-20-9-6-14-7-10-21(11-8-14)18-5-3-15-12-17(19)4-2-16(15)13-18/h2,4,12,14,18,20H,3,5-11,13H2,1H3. The number of rotatable bonds is 4. The molecule has 116 valence electrons. The molecule has 1 unspecified atom stereocenters. The van der Waals surface area contributed by atoms with Gasteiger partial charge in [-0.25, -0.2) is 0 Å². The number of aryl methyl sites for hydroxylation is 1. The van der Waals surface area contributed by atoms with Crippen LogP contribution in [0.2, 0.25) is 0 Å². The molecule has 0 spiro atoms. The Hall–Kier alpha value is -0.380. The van der Waals surface area contributed by atoms with Gasteiger partial charge in [-0.1, -0.05) is 22.0 Å². The monoisotopic (exact) mass is 350 g/mol. The summed E-state index contributed by atoms with van der Waals surface area (Å²) in [6, 6.07) is 7.62. The summed E-state index contributed by atoms with van der Waals surface area (Å²) in [5.74, 6) is 0.945. The van der Waals surface area contributed by atoms with E-state index < -0.39 is 0 Å². The van der Waals surface area contributed by atoms with E-state index in [1.165, 1.54) is 62.6 Å². The van der Waals surface area contributed by atoms with Crippen molar-refractivity contribution in [3.8, 4) is 0 Å². The van der Waals surface area contributed by atoms with Crippen LogP contribution in [0.1, 0.15) is 36.8 Å². The van der Waals surface area contributed by atoms with Crippen molar-refractivity contribution in [1.29, 1.82) is 0 Å². The highest BCUT2D eigenvalue weighted by Crippen LogP contribution is 2.30. The molecule has 1 saturated heterocycles. The number of nitrogens with one attached hydrogen (secondary N) is 1. The highest BCUT2D eigenvalue weighted by molar-refractivity contribution is 9.10. The summed E-state index contributed by atoms with van der Waals surface area (Å²) >= 11 is 3.59. The third-order valence-corrected chi connectivity index (χ3v) is 5.83. The first-order chi connectivity index (χ1) is 10.3. The summed E-state index contributed by atoms with van der Waals surface area (Å²) in [6.45, 7) is 3.80. The Balaban J connectivity index is 1.54. The second-order valence-corrected chi connectivity index (χ2v) is 7.60. The van der Waals surface area contributed by atoms with Crippen molar-refractivity contribution in [2.24, 2.45) is 5.92 Å². The average Bonchev–Trinajstić information content (AvgIpc) is 2.53. The normalized spacial score (nSPS) is 24.0. The van der Waals surface area contributed by atoms with Gasteiger partial charge in [0.2, 0.25) is 0 Å². The summed E-state index contributed by atoms with van der Waals surface area (Å²) in [5.41, 5.74) is 3.14. The van der Waals surface area contributed by atoms with Gasteiger partial charge in [-0.05, 0) is 94.4 Å². The molecule has 0 saturated carbocycles. The van der Waals surface area contributed by atoms with E-state index in [-0.39, 0.29) is 0 Å². The number of piperidine rings is 1. The zero-order valence-corrected chi connectivity index (χ0v) is 14.7. The van der Waals surface area contributed by atoms with Crippen molar-refractivity contribution >= 4 is 15.9 Å². The number of fused-ring (bicyclic) bond motifs is 1. The predicted octanol–water partition coefficient (Wildman–Crippen LogP) is 3.63. The molecule has 2 nitrogen and oxygen atoms in total. The smallest absolute Gasteiger partial charge is 0.0178 e. The first-order valence-corrected chi connectivity index (χ1v) is 9.21. The number of halogens is 1. The van der Waals surface area contributed by atoms with Gasteiger partial charge in [0.25, 0.3) is 0 Å². The summed E-state index contributed by atoms with van der Waals surface area (Å²) in [6.07, 6.45) is 7.98. The summed E-state index contributed by atoms with van der Waals surface area (Å²) < 4.78 is 1.23. The van der Waals surface area contributed by atoms with Crippen molar-refractivity contribution < 1.29 is 0 Å². The van der Waals surface area contributed by atoms with Crippen LogP contribution in [0.4, 0.5) is 0 Å². The maximum absolute atomic E-state index is 3.59. The molecule has 0 bridgehead atoms. The van der Waals surface area contributed by atoms with E-state index in [1.807, 2.05) is 0 Å². The lowest BCUT2D eigenvalue weighted by molar-refractivity contribution is 0.119. The number of hydrogen-bond donors (Lipinski definition) is 1. The molecule has 1 fully saturated rings. The van der Waals surface area contributed by atoms with Crippen molar-refractivity contribution in [1.82, 2.24) is 10.2 Å². The molecule has 3 heteroatoms. The highest BCUT2D eigenvalue weighted by atomic mass is 79.9. The molecule has 3 rings (SSSR count). The molecule has 1 aromatic carbocycles. The van der Waals surface area contributed by atoms with E-state index in [2.05, 4.69) is 51.4 Å².